The van der Waals surface area contributed by atoms with Gasteiger partial charge in [-0.15, -0.1) is 0 Å². The standard InChI is InChI=1S/C11H18N6O4/c1-3-13-11-15-7(2)9(17(19)20)10(16-11)14-4-5-21-6-8(12)18/h3-6H2,1-2H3,(H2,12,18)(H2,13,14,15,16). The highest BCUT2D eigenvalue weighted by Gasteiger charge is 2.21. The molecule has 0 bridgehead atoms. The lowest BCUT2D eigenvalue weighted by Crippen LogP contribution is -2.21. The van der Waals surface area contributed by atoms with Gasteiger partial charge in [-0.2, -0.15) is 4.98 Å². The van der Waals surface area contributed by atoms with Gasteiger partial charge >= 0.3 is 5.69 Å². The van der Waals surface area contributed by atoms with E-state index < -0.39 is 10.8 Å². The Kier molecular flexibility index (Phi) is 6.27. The number of nitrogens with one attached hydrogen (secondary N) is 2. The Labute approximate surface area is 121 Å². The van der Waals surface area contributed by atoms with E-state index in [1.165, 1.54) is 6.92 Å². The Bertz CT molecular complexity index is 522. The van der Waals surface area contributed by atoms with E-state index in [0.717, 1.165) is 0 Å². The predicted octanol–water partition coefficient (Wildman–Crippen LogP) is 0.0388. The van der Waals surface area contributed by atoms with Crippen molar-refractivity contribution < 1.29 is 14.5 Å². The summed E-state index contributed by atoms with van der Waals surface area (Å²) < 4.78 is 4.96. The molecule has 1 aromatic heterocycles. The number of hydrogen-bond donors (Lipinski definition) is 3. The first-order valence-electron chi connectivity index (χ1n) is 6.32. The van der Waals surface area contributed by atoms with Crippen molar-refractivity contribution in [3.8, 4) is 0 Å². The van der Waals surface area contributed by atoms with Crippen LogP contribution >= 0.6 is 0 Å². The van der Waals surface area contributed by atoms with E-state index in [-0.39, 0.29) is 37.0 Å². The van der Waals surface area contributed by atoms with Crippen LogP contribution in [0.2, 0.25) is 0 Å². The Morgan fingerprint density at radius 2 is 2.14 bits per heavy atom. The normalized spacial score (nSPS) is 10.2. The third-order valence-corrected chi connectivity index (χ3v) is 2.36. The molecule has 1 aromatic rings. The van der Waals surface area contributed by atoms with Crippen molar-refractivity contribution in [3.63, 3.8) is 0 Å². The molecule has 0 aliphatic carbocycles. The van der Waals surface area contributed by atoms with Crippen LogP contribution in [0.4, 0.5) is 17.5 Å². The van der Waals surface area contributed by atoms with Crippen molar-refractivity contribution in [2.45, 2.75) is 13.8 Å². The summed E-state index contributed by atoms with van der Waals surface area (Å²) in [5, 5.41) is 16.8. The highest BCUT2D eigenvalue weighted by molar-refractivity contribution is 5.74. The van der Waals surface area contributed by atoms with Gasteiger partial charge in [-0.05, 0) is 13.8 Å². The van der Waals surface area contributed by atoms with E-state index in [1.807, 2.05) is 6.92 Å². The minimum Gasteiger partial charge on any atom is -0.370 e. The molecule has 1 heterocycles. The maximum Gasteiger partial charge on any atom is 0.332 e. The van der Waals surface area contributed by atoms with Crippen molar-refractivity contribution >= 4 is 23.4 Å². The molecule has 21 heavy (non-hydrogen) atoms. The highest BCUT2D eigenvalue weighted by atomic mass is 16.6. The van der Waals surface area contributed by atoms with Gasteiger partial charge in [0.05, 0.1) is 11.5 Å². The van der Waals surface area contributed by atoms with Crippen molar-refractivity contribution in [1.82, 2.24) is 9.97 Å². The number of nitrogens with zero attached hydrogens (tertiary/aromatic N) is 3. The molecule has 0 spiro atoms. The topological polar surface area (TPSA) is 145 Å². The zero-order valence-electron chi connectivity index (χ0n) is 11.9. The van der Waals surface area contributed by atoms with Gasteiger partial charge in [0, 0.05) is 13.1 Å². The number of primary amides is 1. The van der Waals surface area contributed by atoms with Gasteiger partial charge in [0.15, 0.2) is 0 Å². The quantitative estimate of drug-likeness (QED) is 0.329. The molecule has 0 aromatic carbocycles. The second-order valence-corrected chi connectivity index (χ2v) is 4.06. The molecule has 4 N–H and O–H groups in total. The van der Waals surface area contributed by atoms with Crippen molar-refractivity contribution in [3.05, 3.63) is 15.8 Å². The van der Waals surface area contributed by atoms with Crippen LogP contribution < -0.4 is 16.4 Å². The summed E-state index contributed by atoms with van der Waals surface area (Å²) in [7, 11) is 0. The lowest BCUT2D eigenvalue weighted by Gasteiger charge is -2.10. The molecule has 0 atom stereocenters. The van der Waals surface area contributed by atoms with E-state index >= 15 is 0 Å². The van der Waals surface area contributed by atoms with Crippen LogP contribution in [0.1, 0.15) is 12.6 Å². The van der Waals surface area contributed by atoms with Crippen LogP contribution in [-0.2, 0) is 9.53 Å². The number of carbonyl (C=O) groups excluding carboxylic acids is 1. The molecule has 116 valence electrons. The van der Waals surface area contributed by atoms with Crippen LogP contribution in [0.3, 0.4) is 0 Å². The molecule has 0 saturated heterocycles. The predicted molar refractivity (Wildman–Crippen MR) is 76.1 cm³/mol. The summed E-state index contributed by atoms with van der Waals surface area (Å²) in [6, 6.07) is 0. The van der Waals surface area contributed by atoms with Gasteiger partial charge in [0.25, 0.3) is 0 Å². The summed E-state index contributed by atoms with van der Waals surface area (Å²) in [6.07, 6.45) is 0. The molecule has 10 nitrogen and oxygen atoms in total. The van der Waals surface area contributed by atoms with Gasteiger partial charge in [-0.1, -0.05) is 0 Å². The molecule has 1 rings (SSSR count). The van der Waals surface area contributed by atoms with Crippen molar-refractivity contribution in [1.29, 1.82) is 0 Å². The number of nitrogens with two attached hydrogens (primary N) is 1. The summed E-state index contributed by atoms with van der Waals surface area (Å²) in [5.41, 5.74) is 4.99. The summed E-state index contributed by atoms with van der Waals surface area (Å²) in [5.74, 6) is -0.166. The average molecular weight is 298 g/mol. The fourth-order valence-corrected chi connectivity index (χ4v) is 1.56. The molecule has 0 aliphatic heterocycles. The number of carbonyl (C=O) groups is 1. The number of aromatic nitrogens is 2. The second kappa shape index (κ2) is 7.94. The van der Waals surface area contributed by atoms with Crippen LogP contribution in [0.15, 0.2) is 0 Å². The zero-order chi connectivity index (χ0) is 15.8. The van der Waals surface area contributed by atoms with Gasteiger partial charge in [-0.3, -0.25) is 14.9 Å². The Hall–Kier alpha value is -2.49. The Morgan fingerprint density at radius 1 is 1.43 bits per heavy atom. The number of ether oxygens (including phenoxy) is 1. The summed E-state index contributed by atoms with van der Waals surface area (Å²) in [6.45, 7) is 4.21. The molecular formula is C11H18N6O4. The number of rotatable bonds is 9. The fraction of sp³-hybridized carbons (Fsp3) is 0.545. The first-order chi connectivity index (χ1) is 9.95. The van der Waals surface area contributed by atoms with Crippen LogP contribution in [-0.4, -0.2) is 47.1 Å². The molecule has 0 saturated carbocycles. The van der Waals surface area contributed by atoms with Gasteiger partial charge in [0.2, 0.25) is 17.7 Å². The maximum atomic E-state index is 11.1. The van der Waals surface area contributed by atoms with Gasteiger partial charge in [-0.25, -0.2) is 4.98 Å². The summed E-state index contributed by atoms with van der Waals surface area (Å²) in [4.78, 5) is 29.1. The van der Waals surface area contributed by atoms with E-state index in [0.29, 0.717) is 12.5 Å². The third-order valence-electron chi connectivity index (χ3n) is 2.36. The number of aryl methyl sites for hydroxylation is 1. The van der Waals surface area contributed by atoms with E-state index in [4.69, 9.17) is 10.5 Å². The Morgan fingerprint density at radius 3 is 2.71 bits per heavy atom. The smallest absolute Gasteiger partial charge is 0.332 e. The molecule has 0 radical (unpaired) electrons. The first-order valence-corrected chi connectivity index (χ1v) is 6.32. The van der Waals surface area contributed by atoms with E-state index in [2.05, 4.69) is 20.6 Å². The van der Waals surface area contributed by atoms with E-state index in [1.54, 1.807) is 0 Å². The van der Waals surface area contributed by atoms with Crippen molar-refractivity contribution in [2.24, 2.45) is 5.73 Å². The fourth-order valence-electron chi connectivity index (χ4n) is 1.56. The van der Waals surface area contributed by atoms with E-state index in [9.17, 15) is 14.9 Å². The van der Waals surface area contributed by atoms with Crippen LogP contribution in [0.5, 0.6) is 0 Å². The first kappa shape index (κ1) is 16.6. The van der Waals surface area contributed by atoms with Crippen molar-refractivity contribution in [2.75, 3.05) is 36.9 Å². The maximum absolute atomic E-state index is 11.1. The van der Waals surface area contributed by atoms with Gasteiger partial charge in [0.1, 0.15) is 12.3 Å². The number of hydrogen-bond acceptors (Lipinski definition) is 8. The minimum atomic E-state index is -0.576. The molecule has 0 unspecified atom stereocenters. The largest absolute Gasteiger partial charge is 0.370 e. The Balaban J connectivity index is 2.77. The molecule has 0 aliphatic rings. The zero-order valence-corrected chi connectivity index (χ0v) is 11.9. The highest BCUT2D eigenvalue weighted by Crippen LogP contribution is 2.26. The van der Waals surface area contributed by atoms with Crippen LogP contribution in [0.25, 0.3) is 0 Å². The monoisotopic (exact) mass is 298 g/mol. The summed E-state index contributed by atoms with van der Waals surface area (Å²) >= 11 is 0. The molecule has 1 amide bonds. The number of nitro groups is 1. The minimum absolute atomic E-state index is 0.103. The second-order valence-electron chi connectivity index (χ2n) is 4.06. The third kappa shape index (κ3) is 5.18. The number of anilines is 2. The average Bonchev–Trinajstić information content (AvgIpc) is 2.37. The van der Waals surface area contributed by atoms with Gasteiger partial charge < -0.3 is 21.1 Å². The lowest BCUT2D eigenvalue weighted by atomic mass is 10.3. The molecular weight excluding hydrogens is 280 g/mol. The molecule has 0 fully saturated rings. The lowest BCUT2D eigenvalue weighted by molar-refractivity contribution is -0.385. The van der Waals surface area contributed by atoms with Crippen LogP contribution in [0, 0.1) is 17.0 Å². The SMILES string of the molecule is CCNc1nc(C)c([N+](=O)[O-])c(NCCOCC(N)=O)n1. The number of amides is 1. The molecule has 10 heteroatoms.